The molecule has 208 valence electrons. The number of nitrogens with zero attached hydrogens (tertiary/aromatic N) is 2. The summed E-state index contributed by atoms with van der Waals surface area (Å²) in [5.74, 6) is -1.49. The Hall–Kier alpha value is -2.47. The topological polar surface area (TPSA) is 138 Å². The van der Waals surface area contributed by atoms with E-state index in [2.05, 4.69) is 20.3 Å². The van der Waals surface area contributed by atoms with Crippen molar-refractivity contribution in [3.63, 3.8) is 0 Å². The van der Waals surface area contributed by atoms with Gasteiger partial charge in [0.2, 0.25) is 21.8 Å². The summed E-state index contributed by atoms with van der Waals surface area (Å²) in [6.45, 7) is 4.40. The molecule has 0 radical (unpaired) electrons. The minimum absolute atomic E-state index is 0.136. The van der Waals surface area contributed by atoms with Crippen LogP contribution in [0.1, 0.15) is 74.8 Å². The number of sulfonamides is 1. The van der Waals surface area contributed by atoms with Crippen molar-refractivity contribution in [3.05, 3.63) is 22.7 Å². The Balaban J connectivity index is 1.37. The maximum Gasteiger partial charge on any atom is 0.259 e. The average Bonchev–Trinajstić information content (AvgIpc) is 3.75. The molecule has 1 saturated heterocycles. The average molecular weight is 564 g/mol. The van der Waals surface area contributed by atoms with Crippen LogP contribution in [0.5, 0.6) is 0 Å². The molecule has 4 atom stereocenters. The Morgan fingerprint density at radius 1 is 1.13 bits per heavy atom. The molecular weight excluding hydrogens is 526 g/mol. The summed E-state index contributed by atoms with van der Waals surface area (Å²) in [5, 5.41) is 6.40. The van der Waals surface area contributed by atoms with Gasteiger partial charge in [0, 0.05) is 17.3 Å². The van der Waals surface area contributed by atoms with Gasteiger partial charge < -0.3 is 15.5 Å². The van der Waals surface area contributed by atoms with Gasteiger partial charge in [-0.05, 0) is 65.2 Å². The molecule has 3 N–H and O–H groups in total. The van der Waals surface area contributed by atoms with Gasteiger partial charge in [-0.15, -0.1) is 11.3 Å². The van der Waals surface area contributed by atoms with Crippen LogP contribution in [0.15, 0.2) is 12.2 Å². The van der Waals surface area contributed by atoms with Crippen LogP contribution in [-0.4, -0.2) is 65.4 Å². The Bertz CT molecular complexity index is 1220. The maximum atomic E-state index is 13.8. The molecule has 2 aliphatic carbocycles. The molecule has 2 aliphatic heterocycles. The van der Waals surface area contributed by atoms with Gasteiger partial charge in [-0.2, -0.15) is 0 Å². The number of rotatable bonds is 5. The van der Waals surface area contributed by atoms with Gasteiger partial charge in [0.1, 0.15) is 17.6 Å². The zero-order valence-corrected chi connectivity index (χ0v) is 23.6. The number of amides is 3. The number of carbonyl (C=O) groups is 3. The van der Waals surface area contributed by atoms with Crippen LogP contribution in [-0.2, 0) is 24.4 Å². The number of allylic oxidation sites excluding steroid dienone is 1. The first kappa shape index (κ1) is 27.1. The third-order valence-corrected chi connectivity index (χ3v) is 11.0. The van der Waals surface area contributed by atoms with Crippen LogP contribution in [0.2, 0.25) is 0 Å². The number of aromatic nitrogens is 1. The third kappa shape index (κ3) is 5.61. The predicted octanol–water partition coefficient (Wildman–Crippen LogP) is 2.54. The van der Waals surface area contributed by atoms with Crippen LogP contribution in [0, 0.1) is 19.8 Å². The fraction of sp³-hybridized carbons (Fsp3) is 0.692. The van der Waals surface area contributed by atoms with Crippen LogP contribution in [0.4, 0.5) is 5.13 Å². The number of hydrogen-bond donors (Lipinski definition) is 3. The molecule has 5 rings (SSSR count). The van der Waals surface area contributed by atoms with Crippen molar-refractivity contribution in [2.75, 3.05) is 11.9 Å². The summed E-state index contributed by atoms with van der Waals surface area (Å²) in [6, 6.07) is -1.20. The van der Waals surface area contributed by atoms with Gasteiger partial charge in [-0.3, -0.25) is 19.1 Å². The smallest absolute Gasteiger partial charge is 0.259 e. The minimum atomic E-state index is -3.75. The summed E-state index contributed by atoms with van der Waals surface area (Å²) in [7, 11) is -3.75. The molecule has 10 nitrogen and oxygen atoms in total. The van der Waals surface area contributed by atoms with Crippen molar-refractivity contribution >= 4 is 44.2 Å². The molecule has 3 fully saturated rings. The van der Waals surface area contributed by atoms with Crippen molar-refractivity contribution in [1.82, 2.24) is 19.9 Å². The lowest BCUT2D eigenvalue weighted by atomic mass is 10.1. The highest BCUT2D eigenvalue weighted by molar-refractivity contribution is 7.91. The molecule has 2 saturated carbocycles. The Morgan fingerprint density at radius 2 is 1.92 bits per heavy atom. The Kier molecular flexibility index (Phi) is 7.56. The van der Waals surface area contributed by atoms with E-state index in [0.29, 0.717) is 50.2 Å². The Labute approximate surface area is 228 Å². The van der Waals surface area contributed by atoms with Crippen molar-refractivity contribution in [3.8, 4) is 0 Å². The number of carbonyl (C=O) groups excluding carboxylic acids is 3. The number of fused-ring (bicyclic) bond motifs is 2. The van der Waals surface area contributed by atoms with E-state index in [1.165, 1.54) is 11.3 Å². The van der Waals surface area contributed by atoms with Gasteiger partial charge in [0.05, 0.1) is 10.9 Å². The lowest BCUT2D eigenvalue weighted by Gasteiger charge is -2.30. The van der Waals surface area contributed by atoms with E-state index in [9.17, 15) is 22.8 Å². The highest BCUT2D eigenvalue weighted by Gasteiger charge is 2.61. The Morgan fingerprint density at radius 3 is 2.63 bits per heavy atom. The molecular formula is C26H37N5O5S2. The first-order valence-corrected chi connectivity index (χ1v) is 16.0. The SMILES string of the molecule is Cc1nc(N[C@H]2CCCCC/C=C\[C@@H]3C[C@@]3(C(=O)NS(=O)(=O)C3CC3)NC(=O)[C@@H]3CCCN3C2=O)sc1C. The van der Waals surface area contributed by atoms with Gasteiger partial charge in [0.25, 0.3) is 5.91 Å². The summed E-state index contributed by atoms with van der Waals surface area (Å²) < 4.78 is 27.2. The largest absolute Gasteiger partial charge is 0.350 e. The van der Waals surface area contributed by atoms with Gasteiger partial charge in [-0.25, -0.2) is 13.4 Å². The fourth-order valence-electron chi connectivity index (χ4n) is 5.46. The highest BCUT2D eigenvalue weighted by Crippen LogP contribution is 2.46. The number of hydrogen-bond acceptors (Lipinski definition) is 8. The zero-order valence-electron chi connectivity index (χ0n) is 22.0. The second-order valence-electron chi connectivity index (χ2n) is 11.1. The fourth-order valence-corrected chi connectivity index (χ4v) is 7.69. The van der Waals surface area contributed by atoms with Crippen LogP contribution in [0.25, 0.3) is 0 Å². The molecule has 3 amide bonds. The number of anilines is 1. The second kappa shape index (κ2) is 10.6. The molecule has 4 aliphatic rings. The quantitative estimate of drug-likeness (QED) is 0.468. The monoisotopic (exact) mass is 563 g/mol. The second-order valence-corrected chi connectivity index (χ2v) is 14.2. The van der Waals surface area contributed by atoms with Gasteiger partial charge >= 0.3 is 0 Å². The first-order chi connectivity index (χ1) is 18.1. The van der Waals surface area contributed by atoms with Crippen LogP contribution < -0.4 is 15.4 Å². The van der Waals surface area contributed by atoms with E-state index >= 15 is 0 Å². The number of thiazole rings is 1. The van der Waals surface area contributed by atoms with Gasteiger partial charge in [-0.1, -0.05) is 25.0 Å². The first-order valence-electron chi connectivity index (χ1n) is 13.7. The summed E-state index contributed by atoms with van der Waals surface area (Å²) in [6.07, 6.45) is 10.8. The maximum absolute atomic E-state index is 13.8. The molecule has 12 heteroatoms. The van der Waals surface area contributed by atoms with Crippen LogP contribution in [0.3, 0.4) is 0 Å². The van der Waals surface area contributed by atoms with E-state index < -0.39 is 44.7 Å². The van der Waals surface area contributed by atoms with E-state index in [-0.39, 0.29) is 11.8 Å². The molecule has 1 aromatic heterocycles. The lowest BCUT2D eigenvalue weighted by Crippen LogP contribution is -2.57. The summed E-state index contributed by atoms with van der Waals surface area (Å²) in [5.41, 5.74) is -0.376. The van der Waals surface area contributed by atoms with E-state index in [0.717, 1.165) is 36.3 Å². The van der Waals surface area contributed by atoms with E-state index in [4.69, 9.17) is 0 Å². The third-order valence-electron chi connectivity index (χ3n) is 8.16. The zero-order chi connectivity index (χ0) is 27.1. The number of nitrogens with one attached hydrogen (secondary N) is 3. The summed E-state index contributed by atoms with van der Waals surface area (Å²) >= 11 is 1.52. The van der Waals surface area contributed by atoms with Crippen molar-refractivity contribution in [1.29, 1.82) is 0 Å². The van der Waals surface area contributed by atoms with E-state index in [1.807, 2.05) is 26.0 Å². The molecule has 3 heterocycles. The van der Waals surface area contributed by atoms with Crippen LogP contribution >= 0.6 is 11.3 Å². The molecule has 0 bridgehead atoms. The molecule has 0 spiro atoms. The predicted molar refractivity (Wildman–Crippen MR) is 145 cm³/mol. The standard InChI is InChI=1S/C26H37N5O5S2/c1-16-17(2)37-25(27-16)28-20-10-7-5-3-4-6-9-18-15-26(18,24(34)30-38(35,36)19-12-13-19)29-22(32)21-11-8-14-31(21)23(20)33/h6,9,18-21H,3-5,7-8,10-15H2,1-2H3,(H,27,28)(H,29,32)(H,30,34)/b9-6-/t18-,20+,21+,26-/m1/s1. The molecule has 1 aromatic rings. The van der Waals surface area contributed by atoms with E-state index in [1.54, 1.807) is 4.90 Å². The molecule has 0 unspecified atom stereocenters. The lowest BCUT2D eigenvalue weighted by molar-refractivity contribution is -0.140. The number of aryl methyl sites for hydroxylation is 2. The van der Waals surface area contributed by atoms with Crippen molar-refractivity contribution < 1.29 is 22.8 Å². The van der Waals surface area contributed by atoms with Gasteiger partial charge in [0.15, 0.2) is 5.13 Å². The van der Waals surface area contributed by atoms with Crippen molar-refractivity contribution in [2.45, 2.75) is 101 Å². The minimum Gasteiger partial charge on any atom is -0.350 e. The highest BCUT2D eigenvalue weighted by atomic mass is 32.2. The normalized spacial score (nSPS) is 31.3. The van der Waals surface area contributed by atoms with Crippen molar-refractivity contribution in [2.24, 2.45) is 5.92 Å². The molecule has 0 aromatic carbocycles. The summed E-state index contributed by atoms with van der Waals surface area (Å²) in [4.78, 5) is 47.9. The molecule has 38 heavy (non-hydrogen) atoms.